The van der Waals surface area contributed by atoms with Crippen LogP contribution in [0.4, 0.5) is 24.5 Å². The van der Waals surface area contributed by atoms with E-state index in [1.807, 2.05) is 0 Å². The number of methoxy groups -OCH3 is 1. The van der Waals surface area contributed by atoms with Gasteiger partial charge in [0, 0.05) is 16.9 Å². The van der Waals surface area contributed by atoms with Crippen molar-refractivity contribution in [3.05, 3.63) is 53.4 Å². The topological polar surface area (TPSA) is 115 Å². The molecule has 3 aromatic rings. The second kappa shape index (κ2) is 9.27. The molecule has 1 aromatic carbocycles. The molecule has 0 bridgehead atoms. The number of nitrogens with zero attached hydrogens (tertiary/aromatic N) is 3. The molecule has 0 saturated heterocycles. The number of amides is 1. The number of aromatic nitrogens is 3. The van der Waals surface area contributed by atoms with E-state index in [0.29, 0.717) is 5.75 Å². The lowest BCUT2D eigenvalue weighted by Gasteiger charge is -2.11. The predicted octanol–water partition coefficient (Wildman–Crippen LogP) is 3.79. The summed E-state index contributed by atoms with van der Waals surface area (Å²) in [5.74, 6) is -0.482. The third-order valence-corrected chi connectivity index (χ3v) is 4.88. The highest BCUT2D eigenvalue weighted by molar-refractivity contribution is 7.92. The standard InChI is InChI=1S/C19H17ClF3N5O4S/c1-32-15-7-24-17(25-8-15)16-3-11(9-28(16)10-19(21,22)23)18(29)26-13-4-12(20)5-14(6-13)27-33(2,30)31/h3-9,27H,10H2,1-2H3,(H,26,29). The molecule has 1 amide bonds. The van der Waals surface area contributed by atoms with Gasteiger partial charge in [-0.05, 0) is 24.3 Å². The molecule has 3 rings (SSSR count). The number of nitrogens with one attached hydrogen (secondary N) is 2. The summed E-state index contributed by atoms with van der Waals surface area (Å²) in [6.07, 6.45) is -0.0258. The van der Waals surface area contributed by atoms with Crippen molar-refractivity contribution in [1.82, 2.24) is 14.5 Å². The summed E-state index contributed by atoms with van der Waals surface area (Å²) in [5, 5.41) is 2.61. The normalized spacial score (nSPS) is 11.8. The molecule has 2 heterocycles. The largest absolute Gasteiger partial charge is 0.494 e. The summed E-state index contributed by atoms with van der Waals surface area (Å²) in [5.41, 5.74) is 0.0867. The van der Waals surface area contributed by atoms with Crippen LogP contribution < -0.4 is 14.8 Å². The highest BCUT2D eigenvalue weighted by atomic mass is 35.5. The van der Waals surface area contributed by atoms with Crippen molar-refractivity contribution in [2.75, 3.05) is 23.4 Å². The fraction of sp³-hybridized carbons (Fsp3) is 0.211. The first kappa shape index (κ1) is 24.3. The molecule has 2 N–H and O–H groups in total. The lowest BCUT2D eigenvalue weighted by atomic mass is 10.2. The van der Waals surface area contributed by atoms with E-state index in [9.17, 15) is 26.4 Å². The Bertz CT molecular complexity index is 1280. The highest BCUT2D eigenvalue weighted by Crippen LogP contribution is 2.27. The maximum Gasteiger partial charge on any atom is 0.406 e. The summed E-state index contributed by atoms with van der Waals surface area (Å²) in [4.78, 5) is 20.7. The van der Waals surface area contributed by atoms with Crippen LogP contribution >= 0.6 is 11.6 Å². The van der Waals surface area contributed by atoms with Crippen LogP contribution in [-0.4, -0.2) is 48.4 Å². The van der Waals surface area contributed by atoms with Gasteiger partial charge in [-0.15, -0.1) is 0 Å². The van der Waals surface area contributed by atoms with Crippen LogP contribution in [0.15, 0.2) is 42.9 Å². The SMILES string of the molecule is COc1cnc(-c2cc(C(=O)Nc3cc(Cl)cc(NS(C)(=O)=O)c3)cn2CC(F)(F)F)nc1. The van der Waals surface area contributed by atoms with Gasteiger partial charge in [-0.25, -0.2) is 18.4 Å². The summed E-state index contributed by atoms with van der Waals surface area (Å²) >= 11 is 5.97. The average Bonchev–Trinajstić information content (AvgIpc) is 3.08. The fourth-order valence-electron chi connectivity index (χ4n) is 2.84. The van der Waals surface area contributed by atoms with E-state index >= 15 is 0 Å². The van der Waals surface area contributed by atoms with E-state index in [0.717, 1.165) is 17.0 Å². The van der Waals surface area contributed by atoms with Crippen molar-refractivity contribution < 1.29 is 31.1 Å². The first-order chi connectivity index (χ1) is 15.3. The van der Waals surface area contributed by atoms with E-state index in [1.165, 1.54) is 43.8 Å². The zero-order chi connectivity index (χ0) is 24.4. The molecule has 2 aromatic heterocycles. The molecule has 0 atom stereocenters. The molecular formula is C19H17ClF3N5O4S. The van der Waals surface area contributed by atoms with Crippen LogP contribution in [0.25, 0.3) is 11.5 Å². The number of ether oxygens (including phenoxy) is 1. The zero-order valence-corrected chi connectivity index (χ0v) is 18.7. The third kappa shape index (κ3) is 6.83. The summed E-state index contributed by atoms with van der Waals surface area (Å²) < 4.78 is 70.1. The molecule has 0 spiro atoms. The number of rotatable bonds is 7. The number of halogens is 4. The molecule has 33 heavy (non-hydrogen) atoms. The molecule has 0 aliphatic carbocycles. The van der Waals surface area contributed by atoms with Crippen molar-refractivity contribution in [2.45, 2.75) is 12.7 Å². The first-order valence-corrected chi connectivity index (χ1v) is 11.3. The van der Waals surface area contributed by atoms with Gasteiger partial charge in [0.15, 0.2) is 11.6 Å². The second-order valence-electron chi connectivity index (χ2n) is 6.86. The van der Waals surface area contributed by atoms with Crippen LogP contribution in [0.5, 0.6) is 5.75 Å². The van der Waals surface area contributed by atoms with E-state index in [2.05, 4.69) is 20.0 Å². The highest BCUT2D eigenvalue weighted by Gasteiger charge is 2.30. The fourth-order valence-corrected chi connectivity index (χ4v) is 3.62. The van der Waals surface area contributed by atoms with E-state index in [1.54, 1.807) is 0 Å². The monoisotopic (exact) mass is 503 g/mol. The van der Waals surface area contributed by atoms with Crippen molar-refractivity contribution in [1.29, 1.82) is 0 Å². The van der Waals surface area contributed by atoms with Crippen LogP contribution in [0.1, 0.15) is 10.4 Å². The molecule has 0 saturated carbocycles. The van der Waals surface area contributed by atoms with Crippen LogP contribution in [0.3, 0.4) is 0 Å². The maximum atomic E-state index is 13.1. The number of carbonyl (C=O) groups is 1. The van der Waals surface area contributed by atoms with Gasteiger partial charge in [0.25, 0.3) is 5.91 Å². The molecule has 0 radical (unpaired) electrons. The van der Waals surface area contributed by atoms with Gasteiger partial charge in [0.05, 0.1) is 42.7 Å². The predicted molar refractivity (Wildman–Crippen MR) is 116 cm³/mol. The molecule has 14 heteroatoms. The Kier molecular flexibility index (Phi) is 6.84. The summed E-state index contributed by atoms with van der Waals surface area (Å²) in [6, 6.07) is 5.21. The van der Waals surface area contributed by atoms with E-state index in [4.69, 9.17) is 16.3 Å². The quantitative estimate of drug-likeness (QED) is 0.507. The number of sulfonamides is 1. The number of hydrogen-bond donors (Lipinski definition) is 2. The average molecular weight is 504 g/mol. The summed E-state index contributed by atoms with van der Waals surface area (Å²) in [6.45, 7) is -1.37. The zero-order valence-electron chi connectivity index (χ0n) is 17.1. The molecule has 9 nitrogen and oxygen atoms in total. The van der Waals surface area contributed by atoms with Crippen LogP contribution in [0.2, 0.25) is 5.02 Å². The Morgan fingerprint density at radius 1 is 1.15 bits per heavy atom. The van der Waals surface area contributed by atoms with Gasteiger partial charge in [-0.1, -0.05) is 11.6 Å². The number of hydrogen-bond acceptors (Lipinski definition) is 6. The van der Waals surface area contributed by atoms with Gasteiger partial charge >= 0.3 is 6.18 Å². The van der Waals surface area contributed by atoms with Gasteiger partial charge in [-0.3, -0.25) is 9.52 Å². The molecule has 0 unspecified atom stereocenters. The minimum absolute atomic E-state index is 0.0364. The van der Waals surface area contributed by atoms with Gasteiger partial charge in [0.2, 0.25) is 10.0 Å². The molecule has 0 fully saturated rings. The van der Waals surface area contributed by atoms with E-state index < -0.39 is 28.7 Å². The van der Waals surface area contributed by atoms with Crippen molar-refractivity contribution >= 4 is 38.9 Å². The van der Waals surface area contributed by atoms with Gasteiger partial charge in [-0.2, -0.15) is 13.2 Å². The van der Waals surface area contributed by atoms with Crippen LogP contribution in [-0.2, 0) is 16.6 Å². The Morgan fingerprint density at radius 2 is 1.79 bits per heavy atom. The smallest absolute Gasteiger partial charge is 0.406 e. The number of anilines is 2. The second-order valence-corrected chi connectivity index (χ2v) is 9.05. The first-order valence-electron chi connectivity index (χ1n) is 9.06. The Labute approximate surface area is 191 Å². The third-order valence-electron chi connectivity index (χ3n) is 4.06. The number of carbonyl (C=O) groups excluding carboxylic acids is 1. The van der Waals surface area contributed by atoms with Crippen molar-refractivity contribution in [3.63, 3.8) is 0 Å². The van der Waals surface area contributed by atoms with E-state index in [-0.39, 0.29) is 33.5 Å². The molecular weight excluding hydrogens is 487 g/mol. The molecule has 176 valence electrons. The van der Waals surface area contributed by atoms with Gasteiger partial charge < -0.3 is 14.6 Å². The Balaban J connectivity index is 1.93. The molecule has 0 aliphatic heterocycles. The minimum atomic E-state index is -4.56. The van der Waals surface area contributed by atoms with Gasteiger partial charge in [0.1, 0.15) is 6.54 Å². The van der Waals surface area contributed by atoms with Crippen molar-refractivity contribution in [2.24, 2.45) is 0 Å². The van der Waals surface area contributed by atoms with Crippen molar-refractivity contribution in [3.8, 4) is 17.3 Å². The lowest BCUT2D eigenvalue weighted by Crippen LogP contribution is -2.18. The van der Waals surface area contributed by atoms with Crippen LogP contribution in [0, 0.1) is 0 Å². The Hall–Kier alpha value is -3.32. The Morgan fingerprint density at radius 3 is 2.36 bits per heavy atom. The minimum Gasteiger partial charge on any atom is -0.494 e. The maximum absolute atomic E-state index is 13.1. The summed E-state index contributed by atoms with van der Waals surface area (Å²) in [7, 11) is -2.21. The molecule has 0 aliphatic rings. The lowest BCUT2D eigenvalue weighted by molar-refractivity contribution is -0.140. The number of alkyl halides is 3. The number of benzene rings is 1.